The zero-order chi connectivity index (χ0) is 15.2. The Kier molecular flexibility index (Phi) is 5.16. The summed E-state index contributed by atoms with van der Waals surface area (Å²) in [6.07, 6.45) is 2.26. The minimum Gasteiger partial charge on any atom is -0.493 e. The molecule has 2 aromatic rings. The zero-order valence-corrected chi connectivity index (χ0v) is 12.7. The van der Waals surface area contributed by atoms with Crippen molar-refractivity contribution in [3.8, 4) is 11.5 Å². The molecule has 21 heavy (non-hydrogen) atoms. The first-order chi connectivity index (χ1) is 10.2. The van der Waals surface area contributed by atoms with Gasteiger partial charge in [-0.3, -0.25) is 0 Å². The second-order valence-corrected chi connectivity index (χ2v) is 4.91. The van der Waals surface area contributed by atoms with Gasteiger partial charge in [0.1, 0.15) is 12.9 Å². The van der Waals surface area contributed by atoms with Gasteiger partial charge < -0.3 is 15.2 Å². The second kappa shape index (κ2) is 7.08. The van der Waals surface area contributed by atoms with Gasteiger partial charge in [-0.05, 0) is 31.9 Å². The van der Waals surface area contributed by atoms with Gasteiger partial charge in [0, 0.05) is 12.6 Å². The Morgan fingerprint density at radius 2 is 2.19 bits per heavy atom. The predicted octanol–water partition coefficient (Wildman–Crippen LogP) is 1.78. The van der Waals surface area contributed by atoms with E-state index in [-0.39, 0.29) is 6.04 Å². The van der Waals surface area contributed by atoms with Gasteiger partial charge in [-0.1, -0.05) is 12.1 Å². The summed E-state index contributed by atoms with van der Waals surface area (Å²) >= 11 is 0. The summed E-state index contributed by atoms with van der Waals surface area (Å²) in [6, 6.07) is 5.88. The Morgan fingerprint density at radius 1 is 1.38 bits per heavy atom. The highest BCUT2D eigenvalue weighted by Crippen LogP contribution is 2.32. The Labute approximate surface area is 124 Å². The molecule has 2 rings (SSSR count). The quantitative estimate of drug-likeness (QED) is 0.841. The molecule has 0 amide bonds. The Balaban J connectivity index is 2.21. The lowest BCUT2D eigenvalue weighted by molar-refractivity contribution is 0.266. The predicted molar refractivity (Wildman–Crippen MR) is 80.4 cm³/mol. The van der Waals surface area contributed by atoms with Crippen molar-refractivity contribution in [1.82, 2.24) is 14.8 Å². The van der Waals surface area contributed by atoms with E-state index in [2.05, 4.69) is 10.1 Å². The van der Waals surface area contributed by atoms with Crippen molar-refractivity contribution < 1.29 is 9.47 Å². The molecule has 0 saturated carbocycles. The van der Waals surface area contributed by atoms with Crippen LogP contribution in [-0.2, 0) is 19.6 Å². The number of methoxy groups -OCH3 is 1. The fourth-order valence-corrected chi connectivity index (χ4v) is 2.19. The normalized spacial score (nSPS) is 12.2. The second-order valence-electron chi connectivity index (χ2n) is 4.91. The van der Waals surface area contributed by atoms with Gasteiger partial charge in [0.15, 0.2) is 17.3 Å². The number of ether oxygens (including phenoxy) is 2. The smallest absolute Gasteiger partial charge is 0.165 e. The summed E-state index contributed by atoms with van der Waals surface area (Å²) in [4.78, 5) is 4.21. The third-order valence-electron chi connectivity index (χ3n) is 3.16. The lowest BCUT2D eigenvalue weighted by Gasteiger charge is -2.16. The first-order valence-corrected chi connectivity index (χ1v) is 7.06. The summed E-state index contributed by atoms with van der Waals surface area (Å²) in [5.74, 6) is 2.22. The molecule has 2 N–H and O–H groups in total. The molecule has 1 heterocycles. The number of hydrogen-bond acceptors (Lipinski definition) is 5. The van der Waals surface area contributed by atoms with E-state index < -0.39 is 0 Å². The highest BCUT2D eigenvalue weighted by molar-refractivity contribution is 5.47. The van der Waals surface area contributed by atoms with Crippen LogP contribution >= 0.6 is 0 Å². The third-order valence-corrected chi connectivity index (χ3v) is 3.16. The SMILES string of the molecule is CCn1ncnc1COc1c(CC(C)N)cccc1OC. The Bertz CT molecular complexity index is 581. The van der Waals surface area contributed by atoms with E-state index >= 15 is 0 Å². The molecular formula is C15H22N4O2. The van der Waals surface area contributed by atoms with E-state index in [0.29, 0.717) is 12.4 Å². The molecule has 0 bridgehead atoms. The molecule has 0 spiro atoms. The van der Waals surface area contributed by atoms with Crippen LogP contribution in [0.2, 0.25) is 0 Å². The molecule has 0 aliphatic heterocycles. The monoisotopic (exact) mass is 290 g/mol. The molecule has 1 aromatic carbocycles. The number of aryl methyl sites for hydroxylation is 1. The Hall–Kier alpha value is -2.08. The average molecular weight is 290 g/mol. The number of rotatable bonds is 7. The van der Waals surface area contributed by atoms with E-state index in [1.165, 1.54) is 6.33 Å². The van der Waals surface area contributed by atoms with Crippen molar-refractivity contribution in [2.45, 2.75) is 39.5 Å². The maximum Gasteiger partial charge on any atom is 0.165 e. The number of nitrogens with two attached hydrogens (primary N) is 1. The van der Waals surface area contributed by atoms with Crippen LogP contribution in [0.1, 0.15) is 25.2 Å². The number of aromatic nitrogens is 3. The third kappa shape index (κ3) is 3.72. The minimum absolute atomic E-state index is 0.0544. The van der Waals surface area contributed by atoms with Crippen LogP contribution in [0, 0.1) is 0 Å². The largest absolute Gasteiger partial charge is 0.493 e. The van der Waals surface area contributed by atoms with Crippen molar-refractivity contribution in [3.63, 3.8) is 0 Å². The molecule has 114 valence electrons. The molecule has 1 aromatic heterocycles. The van der Waals surface area contributed by atoms with Gasteiger partial charge in [-0.25, -0.2) is 9.67 Å². The van der Waals surface area contributed by atoms with Gasteiger partial charge in [0.25, 0.3) is 0 Å². The van der Waals surface area contributed by atoms with Crippen molar-refractivity contribution in [2.75, 3.05) is 7.11 Å². The fraction of sp³-hybridized carbons (Fsp3) is 0.467. The van der Waals surface area contributed by atoms with E-state index in [0.717, 1.165) is 30.1 Å². The van der Waals surface area contributed by atoms with Crippen molar-refractivity contribution in [2.24, 2.45) is 5.73 Å². The molecule has 0 saturated heterocycles. The summed E-state index contributed by atoms with van der Waals surface area (Å²) in [5.41, 5.74) is 6.93. The first-order valence-electron chi connectivity index (χ1n) is 7.06. The molecule has 6 nitrogen and oxygen atoms in total. The summed E-state index contributed by atoms with van der Waals surface area (Å²) < 4.78 is 13.1. The average Bonchev–Trinajstić information content (AvgIpc) is 2.92. The van der Waals surface area contributed by atoms with Gasteiger partial charge >= 0.3 is 0 Å². The van der Waals surface area contributed by atoms with Gasteiger partial charge in [0.05, 0.1) is 7.11 Å². The molecule has 0 fully saturated rings. The topological polar surface area (TPSA) is 75.2 Å². The number of hydrogen-bond donors (Lipinski definition) is 1. The maximum atomic E-state index is 5.94. The molecule has 1 atom stereocenters. The first kappa shape index (κ1) is 15.3. The van der Waals surface area contributed by atoms with Gasteiger partial charge in [0.2, 0.25) is 0 Å². The van der Waals surface area contributed by atoms with Gasteiger partial charge in [-0.2, -0.15) is 5.10 Å². The minimum atomic E-state index is 0.0544. The Morgan fingerprint density at radius 3 is 2.86 bits per heavy atom. The van der Waals surface area contributed by atoms with Crippen LogP contribution in [0.3, 0.4) is 0 Å². The number of benzene rings is 1. The number of para-hydroxylation sites is 1. The van der Waals surface area contributed by atoms with Crippen LogP contribution in [0.5, 0.6) is 11.5 Å². The molecular weight excluding hydrogens is 268 g/mol. The fourth-order valence-electron chi connectivity index (χ4n) is 2.19. The highest BCUT2D eigenvalue weighted by Gasteiger charge is 2.13. The summed E-state index contributed by atoms with van der Waals surface area (Å²) in [6.45, 7) is 5.09. The van der Waals surface area contributed by atoms with Crippen LogP contribution in [-0.4, -0.2) is 27.9 Å². The molecule has 0 aliphatic rings. The maximum absolute atomic E-state index is 5.94. The molecule has 1 unspecified atom stereocenters. The van der Waals surface area contributed by atoms with E-state index in [1.54, 1.807) is 11.8 Å². The standard InChI is InChI=1S/C15H22N4O2/c1-4-19-14(17-10-18-19)9-21-15-12(8-11(2)16)6-5-7-13(15)20-3/h5-7,10-11H,4,8-9,16H2,1-3H3. The highest BCUT2D eigenvalue weighted by atomic mass is 16.5. The van der Waals surface area contributed by atoms with Crippen molar-refractivity contribution in [3.05, 3.63) is 35.9 Å². The van der Waals surface area contributed by atoms with Gasteiger partial charge in [-0.15, -0.1) is 0 Å². The molecule has 6 heteroatoms. The number of nitrogens with zero attached hydrogens (tertiary/aromatic N) is 3. The lowest BCUT2D eigenvalue weighted by atomic mass is 10.1. The van der Waals surface area contributed by atoms with Crippen LogP contribution in [0.4, 0.5) is 0 Å². The van der Waals surface area contributed by atoms with Crippen molar-refractivity contribution >= 4 is 0 Å². The van der Waals surface area contributed by atoms with Crippen LogP contribution < -0.4 is 15.2 Å². The molecule has 0 aliphatic carbocycles. The van der Waals surface area contributed by atoms with E-state index in [4.69, 9.17) is 15.2 Å². The van der Waals surface area contributed by atoms with E-state index in [1.807, 2.05) is 32.0 Å². The molecule has 0 radical (unpaired) electrons. The van der Waals surface area contributed by atoms with Crippen LogP contribution in [0.25, 0.3) is 0 Å². The van der Waals surface area contributed by atoms with Crippen LogP contribution in [0.15, 0.2) is 24.5 Å². The lowest BCUT2D eigenvalue weighted by Crippen LogP contribution is -2.18. The van der Waals surface area contributed by atoms with E-state index in [9.17, 15) is 0 Å². The summed E-state index contributed by atoms with van der Waals surface area (Å²) in [7, 11) is 1.63. The zero-order valence-electron chi connectivity index (χ0n) is 12.7. The van der Waals surface area contributed by atoms with Crippen molar-refractivity contribution in [1.29, 1.82) is 0 Å². The summed E-state index contributed by atoms with van der Waals surface area (Å²) in [5, 5.41) is 4.13.